The molecule has 0 atom stereocenters. The summed E-state index contributed by atoms with van der Waals surface area (Å²) < 4.78 is 0. The minimum absolute atomic E-state index is 1.14. The number of fused-ring (bicyclic) bond motifs is 9. The summed E-state index contributed by atoms with van der Waals surface area (Å²) in [5.74, 6) is 0. The van der Waals surface area contributed by atoms with Gasteiger partial charge in [0, 0.05) is 16.8 Å². The summed E-state index contributed by atoms with van der Waals surface area (Å²) in [5, 5.41) is 5.12. The zero-order valence-corrected chi connectivity index (χ0v) is 27.8. The van der Waals surface area contributed by atoms with Crippen LogP contribution in [-0.4, -0.2) is 0 Å². The van der Waals surface area contributed by atoms with Crippen molar-refractivity contribution in [2.45, 2.75) is 0 Å². The lowest BCUT2D eigenvalue weighted by Crippen LogP contribution is -2.11. The second-order valence-electron chi connectivity index (χ2n) is 13.6. The van der Waals surface area contributed by atoms with Crippen molar-refractivity contribution < 1.29 is 0 Å². The molecular weight excluding hydrogens is 615 g/mol. The van der Waals surface area contributed by atoms with Crippen molar-refractivity contribution in [1.29, 1.82) is 0 Å². The summed E-state index contributed by atoms with van der Waals surface area (Å²) in [5.41, 5.74) is 18.8. The highest BCUT2D eigenvalue weighted by Gasteiger charge is 2.32. The lowest BCUT2D eigenvalue weighted by molar-refractivity contribution is 1.30. The maximum absolute atomic E-state index is 2.48. The van der Waals surface area contributed by atoms with Crippen LogP contribution in [0.2, 0.25) is 0 Å². The van der Waals surface area contributed by atoms with E-state index in [9.17, 15) is 0 Å². The van der Waals surface area contributed by atoms with E-state index in [2.05, 4.69) is 193 Å². The minimum atomic E-state index is 1.14. The lowest BCUT2D eigenvalue weighted by Gasteiger charge is -2.28. The second kappa shape index (κ2) is 10.9. The molecule has 11 rings (SSSR count). The number of hydrogen-bond donors (Lipinski definition) is 0. The van der Waals surface area contributed by atoms with E-state index in [0.717, 1.165) is 5.69 Å². The Hall–Kier alpha value is -6.70. The third-order valence-electron chi connectivity index (χ3n) is 10.9. The molecule has 2 aliphatic rings. The Labute approximate surface area is 297 Å². The summed E-state index contributed by atoms with van der Waals surface area (Å²) in [4.78, 5) is 2.48. The number of nitrogens with zero attached hydrogens (tertiary/aromatic N) is 1. The molecule has 0 unspecified atom stereocenters. The van der Waals surface area contributed by atoms with Gasteiger partial charge in [-0.15, -0.1) is 0 Å². The van der Waals surface area contributed by atoms with Gasteiger partial charge in [-0.2, -0.15) is 0 Å². The highest BCUT2D eigenvalue weighted by Crippen LogP contribution is 2.58. The van der Waals surface area contributed by atoms with E-state index in [-0.39, 0.29) is 0 Å². The first-order valence-electron chi connectivity index (χ1n) is 17.7. The van der Waals surface area contributed by atoms with Crippen LogP contribution in [0.4, 0.5) is 17.1 Å². The monoisotopic (exact) mass is 645 g/mol. The summed E-state index contributed by atoms with van der Waals surface area (Å²) in [6, 6.07) is 69.3. The molecule has 1 heterocycles. The quantitative estimate of drug-likeness (QED) is 0.185. The Morgan fingerprint density at radius 3 is 1.29 bits per heavy atom. The predicted molar refractivity (Wildman–Crippen MR) is 216 cm³/mol. The highest BCUT2D eigenvalue weighted by atomic mass is 15.1. The fourth-order valence-corrected chi connectivity index (χ4v) is 8.87. The van der Waals surface area contributed by atoms with Gasteiger partial charge >= 0.3 is 0 Å². The van der Waals surface area contributed by atoms with Crippen molar-refractivity contribution in [3.63, 3.8) is 0 Å². The van der Waals surface area contributed by atoms with Crippen molar-refractivity contribution in [1.82, 2.24) is 0 Å². The van der Waals surface area contributed by atoms with Crippen molar-refractivity contribution in [3.8, 4) is 66.8 Å². The molecule has 9 aromatic rings. The Bertz CT molecular complexity index is 2780. The maximum Gasteiger partial charge on any atom is 0.0540 e. The first-order chi connectivity index (χ1) is 25.3. The van der Waals surface area contributed by atoms with Crippen molar-refractivity contribution in [2.75, 3.05) is 4.90 Å². The van der Waals surface area contributed by atoms with E-state index in [1.165, 1.54) is 99.7 Å². The number of anilines is 3. The molecule has 236 valence electrons. The van der Waals surface area contributed by atoms with E-state index in [4.69, 9.17) is 0 Å². The minimum Gasteiger partial charge on any atom is -0.309 e. The molecule has 0 bridgehead atoms. The number of rotatable bonds is 3. The zero-order valence-electron chi connectivity index (χ0n) is 27.8. The fourth-order valence-electron chi connectivity index (χ4n) is 8.87. The first kappa shape index (κ1) is 28.2. The Morgan fingerprint density at radius 1 is 0.294 bits per heavy atom. The van der Waals surface area contributed by atoms with Crippen molar-refractivity contribution in [2.24, 2.45) is 0 Å². The molecule has 9 aromatic carbocycles. The Balaban J connectivity index is 1.30. The molecule has 0 aromatic heterocycles. The van der Waals surface area contributed by atoms with Gasteiger partial charge in [-0.25, -0.2) is 0 Å². The Morgan fingerprint density at radius 2 is 0.745 bits per heavy atom. The average molecular weight is 646 g/mol. The summed E-state index contributed by atoms with van der Waals surface area (Å²) in [6.07, 6.45) is 0. The molecule has 0 amide bonds. The Kier molecular flexibility index (Phi) is 6.02. The predicted octanol–water partition coefficient (Wildman–Crippen LogP) is 14.1. The smallest absolute Gasteiger partial charge is 0.0540 e. The average Bonchev–Trinajstić information content (AvgIpc) is 3.46. The molecule has 0 radical (unpaired) electrons. The maximum atomic E-state index is 2.48. The highest BCUT2D eigenvalue weighted by molar-refractivity contribution is 6.28. The fraction of sp³-hybridized carbons (Fsp3) is 0. The van der Waals surface area contributed by atoms with Crippen LogP contribution in [0.1, 0.15) is 0 Å². The van der Waals surface area contributed by atoms with E-state index in [0.29, 0.717) is 0 Å². The third kappa shape index (κ3) is 4.03. The van der Waals surface area contributed by atoms with E-state index in [1.807, 2.05) is 0 Å². The lowest BCUT2D eigenvalue weighted by atomic mass is 9.82. The van der Waals surface area contributed by atoms with Gasteiger partial charge in [-0.05, 0) is 101 Å². The molecule has 0 fully saturated rings. The van der Waals surface area contributed by atoms with Gasteiger partial charge in [-0.1, -0.05) is 164 Å². The van der Waals surface area contributed by atoms with Gasteiger partial charge < -0.3 is 4.90 Å². The van der Waals surface area contributed by atoms with Crippen LogP contribution in [0.5, 0.6) is 0 Å². The molecule has 51 heavy (non-hydrogen) atoms. The van der Waals surface area contributed by atoms with Gasteiger partial charge in [0.15, 0.2) is 0 Å². The van der Waals surface area contributed by atoms with Crippen LogP contribution in [0, 0.1) is 0 Å². The van der Waals surface area contributed by atoms with Gasteiger partial charge in [0.2, 0.25) is 0 Å². The normalized spacial score (nSPS) is 12.3. The largest absolute Gasteiger partial charge is 0.309 e. The molecule has 1 aliphatic carbocycles. The SMILES string of the molecule is c1ccc(-c2c3c(c(-c4ccccc4)c4cc(N5c6ccccc6-c6ccccc6-c6ccccc65)ccc24)-c2cccc4cccc-3c24)cc1. The summed E-state index contributed by atoms with van der Waals surface area (Å²) in [7, 11) is 0. The van der Waals surface area contributed by atoms with Crippen LogP contribution in [-0.2, 0) is 0 Å². The van der Waals surface area contributed by atoms with Crippen LogP contribution >= 0.6 is 0 Å². The summed E-state index contributed by atoms with van der Waals surface area (Å²) >= 11 is 0. The number of benzene rings is 9. The van der Waals surface area contributed by atoms with Crippen LogP contribution < -0.4 is 4.90 Å². The molecule has 1 heteroatoms. The van der Waals surface area contributed by atoms with Crippen LogP contribution in [0.25, 0.3) is 88.3 Å². The zero-order chi connectivity index (χ0) is 33.5. The molecule has 0 spiro atoms. The van der Waals surface area contributed by atoms with Crippen LogP contribution in [0.3, 0.4) is 0 Å². The standard InChI is InChI=1S/C50H31N/c1-3-15-33(16-4-1)47-40-30-29-35(51-44-27-11-9-23-38(44)36-21-7-8-22-37(36)39-24-10-12-28-45(39)51)31-43(40)48(34-17-5-2-6-18-34)50-42-26-14-20-32-19-13-25-41(46(32)42)49(47)50/h1-31H. The van der Waals surface area contributed by atoms with Crippen LogP contribution in [0.15, 0.2) is 188 Å². The molecule has 0 saturated heterocycles. The molecular formula is C50H31N. The van der Waals surface area contributed by atoms with E-state index < -0.39 is 0 Å². The van der Waals surface area contributed by atoms with Gasteiger partial charge in [-0.3, -0.25) is 0 Å². The third-order valence-corrected chi connectivity index (χ3v) is 10.9. The molecule has 0 saturated carbocycles. The summed E-state index contributed by atoms with van der Waals surface area (Å²) in [6.45, 7) is 0. The molecule has 1 nitrogen and oxygen atoms in total. The number of para-hydroxylation sites is 2. The van der Waals surface area contributed by atoms with Gasteiger partial charge in [0.1, 0.15) is 0 Å². The topological polar surface area (TPSA) is 3.24 Å². The van der Waals surface area contributed by atoms with E-state index in [1.54, 1.807) is 0 Å². The van der Waals surface area contributed by atoms with Crippen molar-refractivity contribution >= 4 is 38.6 Å². The first-order valence-corrected chi connectivity index (χ1v) is 17.7. The van der Waals surface area contributed by atoms with Crippen molar-refractivity contribution in [3.05, 3.63) is 188 Å². The number of hydrogen-bond acceptors (Lipinski definition) is 1. The molecule has 0 N–H and O–H groups in total. The van der Waals surface area contributed by atoms with Gasteiger partial charge in [0.05, 0.1) is 11.4 Å². The van der Waals surface area contributed by atoms with Gasteiger partial charge in [0.25, 0.3) is 0 Å². The molecule has 1 aliphatic heterocycles. The second-order valence-corrected chi connectivity index (χ2v) is 13.6. The van der Waals surface area contributed by atoms with E-state index >= 15 is 0 Å².